The number of likely N-dealkylation sites (N-methyl/N-ethyl adjacent to an activating group) is 1. The van der Waals surface area contributed by atoms with Gasteiger partial charge in [-0.25, -0.2) is 0 Å². The van der Waals surface area contributed by atoms with Gasteiger partial charge in [0.25, 0.3) is 0 Å². The SMILES string of the molecule is CCNC(C)C(=O)c1ccc2c(c1)CCCN2. The second-order valence-electron chi connectivity index (χ2n) is 4.55. The zero-order valence-corrected chi connectivity index (χ0v) is 10.5. The van der Waals surface area contributed by atoms with Crippen molar-refractivity contribution >= 4 is 11.5 Å². The summed E-state index contributed by atoms with van der Waals surface area (Å²) in [5.74, 6) is 0.181. The van der Waals surface area contributed by atoms with Crippen molar-refractivity contribution in [1.82, 2.24) is 5.32 Å². The maximum Gasteiger partial charge on any atom is 0.179 e. The molecule has 92 valence electrons. The number of ketones is 1. The van der Waals surface area contributed by atoms with E-state index in [-0.39, 0.29) is 11.8 Å². The van der Waals surface area contributed by atoms with Crippen LogP contribution in [0, 0.1) is 0 Å². The van der Waals surface area contributed by atoms with Crippen LogP contribution in [0.3, 0.4) is 0 Å². The Morgan fingerprint density at radius 3 is 3.12 bits per heavy atom. The van der Waals surface area contributed by atoms with E-state index in [0.717, 1.165) is 31.5 Å². The van der Waals surface area contributed by atoms with E-state index >= 15 is 0 Å². The lowest BCUT2D eigenvalue weighted by Gasteiger charge is -2.19. The normalized spacial score (nSPS) is 15.9. The molecule has 1 aliphatic rings. The molecule has 1 aromatic carbocycles. The van der Waals surface area contributed by atoms with Crippen LogP contribution < -0.4 is 10.6 Å². The Labute approximate surface area is 103 Å². The number of carbonyl (C=O) groups excluding carboxylic acids is 1. The fraction of sp³-hybridized carbons (Fsp3) is 0.500. The number of fused-ring (bicyclic) bond motifs is 1. The topological polar surface area (TPSA) is 41.1 Å². The van der Waals surface area contributed by atoms with Gasteiger partial charge in [0.2, 0.25) is 0 Å². The molecule has 1 unspecified atom stereocenters. The van der Waals surface area contributed by atoms with E-state index in [0.29, 0.717) is 0 Å². The molecule has 1 atom stereocenters. The molecule has 17 heavy (non-hydrogen) atoms. The van der Waals surface area contributed by atoms with Crippen molar-refractivity contribution in [1.29, 1.82) is 0 Å². The van der Waals surface area contributed by atoms with Crippen molar-refractivity contribution in [2.75, 3.05) is 18.4 Å². The molecule has 0 saturated heterocycles. The van der Waals surface area contributed by atoms with Crippen LogP contribution in [-0.4, -0.2) is 24.9 Å². The molecule has 0 bridgehead atoms. The molecule has 0 fully saturated rings. The molecule has 3 nitrogen and oxygen atoms in total. The van der Waals surface area contributed by atoms with Gasteiger partial charge in [-0.3, -0.25) is 4.79 Å². The number of carbonyl (C=O) groups is 1. The summed E-state index contributed by atoms with van der Waals surface area (Å²) in [4.78, 5) is 12.1. The highest BCUT2D eigenvalue weighted by atomic mass is 16.1. The Bertz CT molecular complexity index is 415. The highest BCUT2D eigenvalue weighted by molar-refractivity contribution is 6.00. The molecule has 0 radical (unpaired) electrons. The molecule has 0 aromatic heterocycles. The van der Waals surface area contributed by atoms with E-state index in [4.69, 9.17) is 0 Å². The van der Waals surface area contributed by atoms with E-state index < -0.39 is 0 Å². The van der Waals surface area contributed by atoms with Crippen LogP contribution in [0.15, 0.2) is 18.2 Å². The molecule has 2 rings (SSSR count). The maximum absolute atomic E-state index is 12.1. The van der Waals surface area contributed by atoms with E-state index in [1.54, 1.807) is 0 Å². The average molecular weight is 232 g/mol. The van der Waals surface area contributed by atoms with E-state index in [9.17, 15) is 4.79 Å². The first-order valence-corrected chi connectivity index (χ1v) is 6.36. The van der Waals surface area contributed by atoms with E-state index in [2.05, 4.69) is 10.6 Å². The lowest BCUT2D eigenvalue weighted by atomic mass is 9.97. The number of hydrogen-bond acceptors (Lipinski definition) is 3. The van der Waals surface area contributed by atoms with Crippen molar-refractivity contribution in [2.24, 2.45) is 0 Å². The van der Waals surface area contributed by atoms with Gasteiger partial charge in [-0.15, -0.1) is 0 Å². The Hall–Kier alpha value is -1.35. The molecule has 1 heterocycles. The zero-order chi connectivity index (χ0) is 12.3. The predicted octanol–water partition coefficient (Wildman–Crippen LogP) is 2.23. The van der Waals surface area contributed by atoms with Gasteiger partial charge >= 0.3 is 0 Å². The van der Waals surface area contributed by atoms with Crippen molar-refractivity contribution < 1.29 is 4.79 Å². The number of hydrogen-bond donors (Lipinski definition) is 2. The summed E-state index contributed by atoms with van der Waals surface area (Å²) >= 11 is 0. The molecule has 2 N–H and O–H groups in total. The molecule has 0 spiro atoms. The van der Waals surface area contributed by atoms with E-state index in [1.165, 1.54) is 11.3 Å². The largest absolute Gasteiger partial charge is 0.385 e. The van der Waals surface area contributed by atoms with Gasteiger partial charge in [0.05, 0.1) is 6.04 Å². The summed E-state index contributed by atoms with van der Waals surface area (Å²) in [6.45, 7) is 5.79. The van der Waals surface area contributed by atoms with E-state index in [1.807, 2.05) is 32.0 Å². The minimum atomic E-state index is -0.102. The number of aryl methyl sites for hydroxylation is 1. The average Bonchev–Trinajstić information content (AvgIpc) is 2.37. The number of benzene rings is 1. The van der Waals surface area contributed by atoms with Gasteiger partial charge in [-0.05, 0) is 50.1 Å². The minimum Gasteiger partial charge on any atom is -0.385 e. The molecule has 0 aliphatic carbocycles. The summed E-state index contributed by atoms with van der Waals surface area (Å²) < 4.78 is 0. The highest BCUT2D eigenvalue weighted by Crippen LogP contribution is 2.23. The third kappa shape index (κ3) is 2.67. The number of Topliss-reactive ketones (excluding diaryl/α,β-unsaturated/α-hetero) is 1. The highest BCUT2D eigenvalue weighted by Gasteiger charge is 2.16. The predicted molar refractivity (Wildman–Crippen MR) is 70.7 cm³/mol. The standard InChI is InChI=1S/C14H20N2O/c1-3-15-10(2)14(17)12-6-7-13-11(9-12)5-4-8-16-13/h6-7,9-10,15-16H,3-5,8H2,1-2H3. The van der Waals surface area contributed by atoms with Crippen molar-refractivity contribution in [3.05, 3.63) is 29.3 Å². The quantitative estimate of drug-likeness (QED) is 0.782. The molecule has 0 amide bonds. The van der Waals surface area contributed by atoms with Gasteiger partial charge in [-0.1, -0.05) is 6.92 Å². The lowest BCUT2D eigenvalue weighted by Crippen LogP contribution is -2.33. The summed E-state index contributed by atoms with van der Waals surface area (Å²) in [5, 5.41) is 6.51. The van der Waals surface area contributed by atoms with Crippen LogP contribution >= 0.6 is 0 Å². The van der Waals surface area contributed by atoms with Crippen LogP contribution in [0.25, 0.3) is 0 Å². The first-order valence-electron chi connectivity index (χ1n) is 6.36. The second-order valence-corrected chi connectivity index (χ2v) is 4.55. The van der Waals surface area contributed by atoms with Gasteiger partial charge in [-0.2, -0.15) is 0 Å². The Morgan fingerprint density at radius 1 is 1.53 bits per heavy atom. The van der Waals surface area contributed by atoms with Crippen LogP contribution in [0.2, 0.25) is 0 Å². The monoisotopic (exact) mass is 232 g/mol. The van der Waals surface area contributed by atoms with Crippen molar-refractivity contribution in [3.8, 4) is 0 Å². The first-order chi connectivity index (χ1) is 8.22. The fourth-order valence-corrected chi connectivity index (χ4v) is 2.28. The van der Waals surface area contributed by atoms with Crippen LogP contribution in [0.5, 0.6) is 0 Å². The smallest absolute Gasteiger partial charge is 0.179 e. The molecule has 1 aromatic rings. The molecular formula is C14H20N2O. The van der Waals surface area contributed by atoms with Crippen LogP contribution in [-0.2, 0) is 6.42 Å². The third-order valence-electron chi connectivity index (χ3n) is 3.23. The lowest BCUT2D eigenvalue weighted by molar-refractivity contribution is 0.0952. The molecule has 0 saturated carbocycles. The first kappa shape index (κ1) is 12.1. The maximum atomic E-state index is 12.1. The zero-order valence-electron chi connectivity index (χ0n) is 10.5. The van der Waals surface area contributed by atoms with Gasteiger partial charge in [0.15, 0.2) is 5.78 Å². The van der Waals surface area contributed by atoms with Crippen molar-refractivity contribution in [2.45, 2.75) is 32.7 Å². The Morgan fingerprint density at radius 2 is 2.35 bits per heavy atom. The fourth-order valence-electron chi connectivity index (χ4n) is 2.28. The summed E-state index contributed by atoms with van der Waals surface area (Å²) in [6.07, 6.45) is 2.21. The molecule has 1 aliphatic heterocycles. The van der Waals surface area contributed by atoms with Crippen LogP contribution in [0.4, 0.5) is 5.69 Å². The summed E-state index contributed by atoms with van der Waals surface area (Å²) in [5.41, 5.74) is 3.27. The van der Waals surface area contributed by atoms with Crippen molar-refractivity contribution in [3.63, 3.8) is 0 Å². The molecule has 3 heteroatoms. The summed E-state index contributed by atoms with van der Waals surface area (Å²) in [6, 6.07) is 5.89. The van der Waals surface area contributed by atoms with Gasteiger partial charge in [0, 0.05) is 17.8 Å². The number of anilines is 1. The molecular weight excluding hydrogens is 212 g/mol. The third-order valence-corrected chi connectivity index (χ3v) is 3.23. The minimum absolute atomic E-state index is 0.102. The van der Waals surface area contributed by atoms with Gasteiger partial charge in [0.1, 0.15) is 0 Å². The Balaban J connectivity index is 2.19. The van der Waals surface area contributed by atoms with Gasteiger partial charge < -0.3 is 10.6 Å². The second kappa shape index (κ2) is 5.32. The van der Waals surface area contributed by atoms with Crippen LogP contribution in [0.1, 0.15) is 36.2 Å². The number of nitrogens with one attached hydrogen (secondary N) is 2. The summed E-state index contributed by atoms with van der Waals surface area (Å²) in [7, 11) is 0. The number of rotatable bonds is 4. The Kier molecular flexibility index (Phi) is 3.79.